The van der Waals surface area contributed by atoms with Crippen molar-refractivity contribution in [1.29, 1.82) is 0 Å². The molecule has 110 valence electrons. The van der Waals surface area contributed by atoms with Gasteiger partial charge in [-0.15, -0.1) is 0 Å². The lowest BCUT2D eigenvalue weighted by Gasteiger charge is -2.12. The number of carbonyl (C=O) groups is 1. The molecule has 0 amide bonds. The molecule has 3 nitrogen and oxygen atoms in total. The lowest BCUT2D eigenvalue weighted by molar-refractivity contribution is -0.137. The molecule has 0 N–H and O–H groups in total. The van der Waals surface area contributed by atoms with Crippen LogP contribution >= 0.6 is 0 Å². The molecule has 0 aliphatic carbocycles. The van der Waals surface area contributed by atoms with E-state index in [2.05, 4.69) is 0 Å². The summed E-state index contributed by atoms with van der Waals surface area (Å²) in [5.41, 5.74) is -1.82. The Morgan fingerprint density at radius 3 is 2.75 bits per heavy atom. The van der Waals surface area contributed by atoms with Crippen molar-refractivity contribution >= 4 is 5.97 Å². The van der Waals surface area contributed by atoms with Crippen molar-refractivity contribution in [3.8, 4) is 0 Å². The molecule has 0 aromatic heterocycles. The summed E-state index contributed by atoms with van der Waals surface area (Å²) in [4.78, 5) is 11.6. The molecule has 1 heterocycles. The fourth-order valence-corrected chi connectivity index (χ4v) is 1.88. The standard InChI is InChI=1S/C13H12F4O3/c14-11-4-3-8(13(15,16)17)6-10(11)12(18)20-7-9-2-1-5-19-9/h3-4,6,9H,1-2,5,7H2. The Balaban J connectivity index is 2.08. The Kier molecular flexibility index (Phi) is 4.27. The van der Waals surface area contributed by atoms with Gasteiger partial charge in [0, 0.05) is 6.61 Å². The Labute approximate surface area is 112 Å². The fraction of sp³-hybridized carbons (Fsp3) is 0.462. The minimum absolute atomic E-state index is 0.0888. The van der Waals surface area contributed by atoms with E-state index in [0.29, 0.717) is 31.2 Å². The molecule has 0 bridgehead atoms. The molecule has 0 saturated carbocycles. The van der Waals surface area contributed by atoms with Crippen LogP contribution in [0.4, 0.5) is 17.6 Å². The fourth-order valence-electron chi connectivity index (χ4n) is 1.88. The second kappa shape index (κ2) is 5.78. The minimum atomic E-state index is -4.64. The highest BCUT2D eigenvalue weighted by molar-refractivity contribution is 5.90. The molecule has 1 unspecified atom stereocenters. The van der Waals surface area contributed by atoms with Crippen molar-refractivity contribution in [3.63, 3.8) is 0 Å². The van der Waals surface area contributed by atoms with Crippen molar-refractivity contribution in [2.45, 2.75) is 25.1 Å². The van der Waals surface area contributed by atoms with E-state index in [-0.39, 0.29) is 12.7 Å². The van der Waals surface area contributed by atoms with Gasteiger partial charge in [0.25, 0.3) is 0 Å². The third-order valence-electron chi connectivity index (χ3n) is 2.94. The van der Waals surface area contributed by atoms with Crippen molar-refractivity contribution < 1.29 is 31.8 Å². The van der Waals surface area contributed by atoms with Crippen molar-refractivity contribution in [2.75, 3.05) is 13.2 Å². The molecule has 1 aliphatic heterocycles. The van der Waals surface area contributed by atoms with Crippen LogP contribution in [0.25, 0.3) is 0 Å². The van der Waals surface area contributed by atoms with Crippen LogP contribution < -0.4 is 0 Å². The molecule has 1 saturated heterocycles. The predicted octanol–water partition coefficient (Wildman–Crippen LogP) is 3.18. The van der Waals surface area contributed by atoms with Crippen molar-refractivity contribution in [2.24, 2.45) is 0 Å². The highest BCUT2D eigenvalue weighted by Crippen LogP contribution is 2.30. The summed E-state index contributed by atoms with van der Waals surface area (Å²) in [5.74, 6) is -2.17. The quantitative estimate of drug-likeness (QED) is 0.634. The number of hydrogen-bond acceptors (Lipinski definition) is 3. The average Bonchev–Trinajstić information content (AvgIpc) is 2.88. The van der Waals surface area contributed by atoms with Crippen LogP contribution in [0.1, 0.15) is 28.8 Å². The van der Waals surface area contributed by atoms with Crippen LogP contribution in [0.3, 0.4) is 0 Å². The monoisotopic (exact) mass is 292 g/mol. The van der Waals surface area contributed by atoms with Crippen molar-refractivity contribution in [3.05, 3.63) is 35.1 Å². The van der Waals surface area contributed by atoms with Gasteiger partial charge in [-0.05, 0) is 31.0 Å². The molecule has 0 radical (unpaired) electrons. The maximum absolute atomic E-state index is 13.4. The normalized spacial score (nSPS) is 19.1. The molecule has 2 rings (SSSR count). The predicted molar refractivity (Wildman–Crippen MR) is 60.7 cm³/mol. The third kappa shape index (κ3) is 3.47. The molecule has 1 atom stereocenters. The van der Waals surface area contributed by atoms with Gasteiger partial charge in [-0.2, -0.15) is 13.2 Å². The number of rotatable bonds is 3. The van der Waals surface area contributed by atoms with Gasteiger partial charge < -0.3 is 9.47 Å². The Hall–Kier alpha value is -1.63. The highest BCUT2D eigenvalue weighted by Gasteiger charge is 2.32. The minimum Gasteiger partial charge on any atom is -0.459 e. The van der Waals surface area contributed by atoms with E-state index in [9.17, 15) is 22.4 Å². The smallest absolute Gasteiger partial charge is 0.416 e. The molecular weight excluding hydrogens is 280 g/mol. The third-order valence-corrected chi connectivity index (χ3v) is 2.94. The second-order valence-electron chi connectivity index (χ2n) is 4.43. The van der Waals surface area contributed by atoms with E-state index >= 15 is 0 Å². The number of esters is 1. The first-order chi connectivity index (χ1) is 9.38. The second-order valence-corrected chi connectivity index (χ2v) is 4.43. The largest absolute Gasteiger partial charge is 0.459 e. The number of ether oxygens (including phenoxy) is 2. The van der Waals surface area contributed by atoms with Gasteiger partial charge in [0.2, 0.25) is 0 Å². The Bertz CT molecular complexity index is 493. The van der Waals surface area contributed by atoms with E-state index in [1.165, 1.54) is 0 Å². The summed E-state index contributed by atoms with van der Waals surface area (Å²) in [6.07, 6.45) is -3.37. The van der Waals surface area contributed by atoms with Crippen LogP contribution in [0.15, 0.2) is 18.2 Å². The zero-order valence-corrected chi connectivity index (χ0v) is 10.4. The summed E-state index contributed by atoms with van der Waals surface area (Å²) in [7, 11) is 0. The highest BCUT2D eigenvalue weighted by atomic mass is 19.4. The van der Waals surface area contributed by atoms with Crippen molar-refractivity contribution in [1.82, 2.24) is 0 Å². The average molecular weight is 292 g/mol. The summed E-state index contributed by atoms with van der Waals surface area (Å²) in [6.45, 7) is 0.467. The first-order valence-corrected chi connectivity index (χ1v) is 6.03. The number of hydrogen-bond donors (Lipinski definition) is 0. The first-order valence-electron chi connectivity index (χ1n) is 6.03. The Morgan fingerprint density at radius 2 is 2.15 bits per heavy atom. The lowest BCUT2D eigenvalue weighted by atomic mass is 10.1. The van der Waals surface area contributed by atoms with Gasteiger partial charge in [0.15, 0.2) is 0 Å². The van der Waals surface area contributed by atoms with Gasteiger partial charge in [0.1, 0.15) is 12.4 Å². The van der Waals surface area contributed by atoms with Crippen LogP contribution in [0, 0.1) is 5.82 Å². The summed E-state index contributed by atoms with van der Waals surface area (Å²) >= 11 is 0. The number of halogens is 4. The van der Waals surface area contributed by atoms with Crippen LogP contribution in [-0.4, -0.2) is 25.3 Å². The van der Waals surface area contributed by atoms with Gasteiger partial charge in [0.05, 0.1) is 17.2 Å². The zero-order chi connectivity index (χ0) is 14.8. The van der Waals surface area contributed by atoms with Gasteiger partial charge in [-0.1, -0.05) is 0 Å². The lowest BCUT2D eigenvalue weighted by Crippen LogP contribution is -2.19. The summed E-state index contributed by atoms with van der Waals surface area (Å²) < 4.78 is 60.9. The molecule has 1 aromatic carbocycles. The maximum atomic E-state index is 13.4. The SMILES string of the molecule is O=C(OCC1CCCO1)c1cc(C(F)(F)F)ccc1F. The van der Waals surface area contributed by atoms with E-state index in [0.717, 1.165) is 6.42 Å². The van der Waals surface area contributed by atoms with Crippen LogP contribution in [-0.2, 0) is 15.7 Å². The number of carbonyl (C=O) groups excluding carboxylic acids is 1. The molecular formula is C13H12F4O3. The summed E-state index contributed by atoms with van der Waals surface area (Å²) in [6, 6.07) is 1.63. The van der Waals surface area contributed by atoms with E-state index in [1.54, 1.807) is 0 Å². The molecule has 1 aliphatic rings. The first kappa shape index (κ1) is 14.8. The van der Waals surface area contributed by atoms with E-state index in [4.69, 9.17) is 9.47 Å². The van der Waals surface area contributed by atoms with Gasteiger partial charge in [-0.3, -0.25) is 0 Å². The molecule has 1 fully saturated rings. The van der Waals surface area contributed by atoms with Crippen LogP contribution in [0.2, 0.25) is 0 Å². The van der Waals surface area contributed by atoms with Gasteiger partial charge >= 0.3 is 12.1 Å². The molecule has 0 spiro atoms. The van der Waals surface area contributed by atoms with Gasteiger partial charge in [-0.25, -0.2) is 9.18 Å². The summed E-state index contributed by atoms with van der Waals surface area (Å²) in [5, 5.41) is 0. The molecule has 1 aromatic rings. The topological polar surface area (TPSA) is 35.5 Å². The zero-order valence-electron chi connectivity index (χ0n) is 10.4. The van der Waals surface area contributed by atoms with E-state index in [1.807, 2.05) is 0 Å². The molecule has 20 heavy (non-hydrogen) atoms. The maximum Gasteiger partial charge on any atom is 0.416 e. The molecule has 7 heteroatoms. The van der Waals surface area contributed by atoms with Crippen LogP contribution in [0.5, 0.6) is 0 Å². The number of benzene rings is 1. The number of alkyl halides is 3. The Morgan fingerprint density at radius 1 is 1.40 bits per heavy atom. The van der Waals surface area contributed by atoms with E-state index < -0.39 is 29.1 Å².